The molecule has 25 heavy (non-hydrogen) atoms. The molecule has 1 atom stereocenters. The van der Waals surface area contributed by atoms with E-state index in [4.69, 9.17) is 9.73 Å². The van der Waals surface area contributed by atoms with Crippen LogP contribution in [0.15, 0.2) is 23.2 Å². The van der Waals surface area contributed by atoms with Gasteiger partial charge in [0.15, 0.2) is 5.96 Å². The van der Waals surface area contributed by atoms with Crippen LogP contribution < -0.4 is 10.6 Å². The number of rotatable bonds is 7. The van der Waals surface area contributed by atoms with Crippen molar-refractivity contribution in [1.29, 1.82) is 0 Å². The number of ether oxygens (including phenoxy) is 1. The van der Waals surface area contributed by atoms with Gasteiger partial charge >= 0.3 is 0 Å². The fourth-order valence-corrected chi connectivity index (χ4v) is 3.09. The van der Waals surface area contributed by atoms with E-state index in [1.807, 2.05) is 0 Å². The highest BCUT2D eigenvalue weighted by Crippen LogP contribution is 2.11. The smallest absolute Gasteiger partial charge is 0.191 e. The lowest BCUT2D eigenvalue weighted by Gasteiger charge is -2.29. The van der Waals surface area contributed by atoms with Gasteiger partial charge in [-0.05, 0) is 37.8 Å². The molecule has 2 rings (SSSR count). The molecule has 1 aromatic carbocycles. The van der Waals surface area contributed by atoms with Crippen molar-refractivity contribution >= 4 is 5.96 Å². The molecule has 0 amide bonds. The number of morpholine rings is 1. The normalized spacial score (nSPS) is 17.4. The fraction of sp³-hybridized carbons (Fsp3) is 0.650. The average molecular weight is 347 g/mol. The number of hydrogen-bond acceptors (Lipinski definition) is 3. The fourth-order valence-electron chi connectivity index (χ4n) is 3.09. The van der Waals surface area contributed by atoms with Crippen molar-refractivity contribution in [2.45, 2.75) is 34.2 Å². The Balaban J connectivity index is 1.84. The van der Waals surface area contributed by atoms with E-state index >= 15 is 0 Å². The first-order valence-electron chi connectivity index (χ1n) is 9.47. The molecule has 0 saturated carbocycles. The molecule has 140 valence electrons. The Morgan fingerprint density at radius 1 is 1.24 bits per heavy atom. The summed E-state index contributed by atoms with van der Waals surface area (Å²) in [5.41, 5.74) is 3.89. The first-order chi connectivity index (χ1) is 12.1. The van der Waals surface area contributed by atoms with Crippen molar-refractivity contribution in [2.75, 3.05) is 45.9 Å². The maximum atomic E-state index is 5.42. The molecular formula is C20H34N4O. The molecule has 0 aliphatic carbocycles. The lowest BCUT2D eigenvalue weighted by Crippen LogP contribution is -2.44. The van der Waals surface area contributed by atoms with Gasteiger partial charge in [0, 0.05) is 32.7 Å². The summed E-state index contributed by atoms with van der Waals surface area (Å²) in [6.45, 7) is 16.1. The third-order valence-corrected chi connectivity index (χ3v) is 4.54. The zero-order chi connectivity index (χ0) is 18.1. The minimum absolute atomic E-state index is 0.572. The van der Waals surface area contributed by atoms with Gasteiger partial charge in [-0.2, -0.15) is 0 Å². The molecule has 1 saturated heterocycles. The van der Waals surface area contributed by atoms with E-state index in [9.17, 15) is 0 Å². The zero-order valence-electron chi connectivity index (χ0n) is 16.3. The van der Waals surface area contributed by atoms with Crippen LogP contribution in [-0.2, 0) is 11.3 Å². The maximum Gasteiger partial charge on any atom is 0.191 e. The van der Waals surface area contributed by atoms with E-state index in [1.54, 1.807) is 0 Å². The molecular weight excluding hydrogens is 312 g/mol. The molecule has 5 nitrogen and oxygen atoms in total. The van der Waals surface area contributed by atoms with Crippen LogP contribution in [0.3, 0.4) is 0 Å². The van der Waals surface area contributed by atoms with Crippen LogP contribution in [0.1, 0.15) is 30.5 Å². The Labute approximate surface area is 152 Å². The third kappa shape index (κ3) is 7.04. The summed E-state index contributed by atoms with van der Waals surface area (Å²) in [4.78, 5) is 7.24. The lowest BCUT2D eigenvalue weighted by molar-refractivity contribution is 0.0320. The van der Waals surface area contributed by atoms with Crippen LogP contribution in [0.2, 0.25) is 0 Å². The van der Waals surface area contributed by atoms with Gasteiger partial charge in [0.05, 0.1) is 19.8 Å². The zero-order valence-corrected chi connectivity index (χ0v) is 16.3. The average Bonchev–Trinajstić information content (AvgIpc) is 2.59. The highest BCUT2D eigenvalue weighted by molar-refractivity contribution is 5.79. The number of nitrogens with zero attached hydrogens (tertiary/aromatic N) is 2. The highest BCUT2D eigenvalue weighted by Gasteiger charge is 2.14. The molecule has 1 aliphatic rings. The molecule has 1 unspecified atom stereocenters. The second-order valence-electron chi connectivity index (χ2n) is 7.02. The Morgan fingerprint density at radius 2 is 2.00 bits per heavy atom. The summed E-state index contributed by atoms with van der Waals surface area (Å²) in [6.07, 6.45) is 0. The van der Waals surface area contributed by atoms with E-state index < -0.39 is 0 Å². The third-order valence-electron chi connectivity index (χ3n) is 4.54. The van der Waals surface area contributed by atoms with Crippen LogP contribution in [0.4, 0.5) is 0 Å². The molecule has 1 fully saturated rings. The highest BCUT2D eigenvalue weighted by atomic mass is 16.5. The minimum Gasteiger partial charge on any atom is -0.379 e. The molecule has 0 bridgehead atoms. The number of guanidine groups is 1. The van der Waals surface area contributed by atoms with Crippen LogP contribution in [0, 0.1) is 19.8 Å². The number of nitrogens with one attached hydrogen (secondary N) is 2. The first-order valence-corrected chi connectivity index (χ1v) is 9.47. The maximum absolute atomic E-state index is 5.42. The van der Waals surface area contributed by atoms with E-state index in [-0.39, 0.29) is 0 Å². The summed E-state index contributed by atoms with van der Waals surface area (Å²) in [6, 6.07) is 6.55. The summed E-state index contributed by atoms with van der Waals surface area (Å²) >= 11 is 0. The van der Waals surface area contributed by atoms with Crippen molar-refractivity contribution in [3.8, 4) is 0 Å². The molecule has 2 N–H and O–H groups in total. The van der Waals surface area contributed by atoms with Gasteiger partial charge in [-0.25, -0.2) is 4.99 Å². The van der Waals surface area contributed by atoms with Gasteiger partial charge in [-0.3, -0.25) is 4.90 Å². The van der Waals surface area contributed by atoms with Crippen molar-refractivity contribution in [2.24, 2.45) is 10.9 Å². The molecule has 5 heteroatoms. The number of aryl methyl sites for hydroxylation is 2. The van der Waals surface area contributed by atoms with Gasteiger partial charge in [0.2, 0.25) is 0 Å². The van der Waals surface area contributed by atoms with Crippen LogP contribution in [0.5, 0.6) is 0 Å². The number of hydrogen-bond donors (Lipinski definition) is 2. The Morgan fingerprint density at radius 3 is 2.68 bits per heavy atom. The van der Waals surface area contributed by atoms with Crippen molar-refractivity contribution in [1.82, 2.24) is 15.5 Å². The Bertz CT molecular complexity index is 553. The monoisotopic (exact) mass is 346 g/mol. The topological polar surface area (TPSA) is 48.9 Å². The SMILES string of the molecule is CCNC(=NCc1ccc(C)cc1C)NCC(C)CN1CCOCC1. The van der Waals surface area contributed by atoms with Gasteiger partial charge in [0.25, 0.3) is 0 Å². The van der Waals surface area contributed by atoms with Gasteiger partial charge < -0.3 is 15.4 Å². The van der Waals surface area contributed by atoms with E-state index in [2.05, 4.69) is 61.4 Å². The van der Waals surface area contributed by atoms with Crippen molar-refractivity contribution in [3.05, 3.63) is 34.9 Å². The molecule has 0 aromatic heterocycles. The van der Waals surface area contributed by atoms with Gasteiger partial charge in [-0.15, -0.1) is 0 Å². The Kier molecular flexibility index (Phi) is 8.22. The van der Waals surface area contributed by atoms with E-state index in [0.29, 0.717) is 12.5 Å². The van der Waals surface area contributed by atoms with Gasteiger partial charge in [-0.1, -0.05) is 30.7 Å². The predicted octanol–water partition coefficient (Wildman–Crippen LogP) is 2.33. The minimum atomic E-state index is 0.572. The van der Waals surface area contributed by atoms with Crippen LogP contribution in [0.25, 0.3) is 0 Å². The molecule has 1 aromatic rings. The number of aliphatic imine (C=N–C) groups is 1. The van der Waals surface area contributed by atoms with Crippen molar-refractivity contribution < 1.29 is 4.74 Å². The van der Waals surface area contributed by atoms with Crippen LogP contribution >= 0.6 is 0 Å². The second kappa shape index (κ2) is 10.4. The largest absolute Gasteiger partial charge is 0.379 e. The summed E-state index contributed by atoms with van der Waals surface area (Å²) in [7, 11) is 0. The van der Waals surface area contributed by atoms with E-state index in [0.717, 1.165) is 51.9 Å². The summed E-state index contributed by atoms with van der Waals surface area (Å²) in [5, 5.41) is 6.84. The first kappa shape index (κ1) is 19.7. The van der Waals surface area contributed by atoms with Gasteiger partial charge in [0.1, 0.15) is 0 Å². The molecule has 0 radical (unpaired) electrons. The van der Waals surface area contributed by atoms with Crippen molar-refractivity contribution in [3.63, 3.8) is 0 Å². The summed E-state index contributed by atoms with van der Waals surface area (Å²) in [5.74, 6) is 1.47. The quantitative estimate of drug-likeness (QED) is 0.588. The lowest BCUT2D eigenvalue weighted by atomic mass is 10.1. The molecule has 1 aliphatic heterocycles. The second-order valence-corrected chi connectivity index (χ2v) is 7.02. The van der Waals surface area contributed by atoms with Crippen LogP contribution in [-0.4, -0.2) is 56.8 Å². The standard InChI is InChI=1S/C20H34N4O/c1-5-21-20(23-14-19-7-6-16(2)12-18(19)4)22-13-17(3)15-24-8-10-25-11-9-24/h6-7,12,17H,5,8-11,13-15H2,1-4H3,(H2,21,22,23). The number of benzene rings is 1. The molecule has 1 heterocycles. The summed E-state index contributed by atoms with van der Waals surface area (Å²) < 4.78 is 5.42. The molecule has 0 spiro atoms. The predicted molar refractivity (Wildman–Crippen MR) is 105 cm³/mol. The Hall–Kier alpha value is -1.59. The van der Waals surface area contributed by atoms with E-state index in [1.165, 1.54) is 16.7 Å².